The Morgan fingerprint density at radius 1 is 1.38 bits per heavy atom. The zero-order valence-electron chi connectivity index (χ0n) is 14.0. The van der Waals surface area contributed by atoms with Gasteiger partial charge in [0.05, 0.1) is 34.4 Å². The molecule has 0 radical (unpaired) electrons. The van der Waals surface area contributed by atoms with Crippen LogP contribution in [0.25, 0.3) is 0 Å². The fourth-order valence-electron chi connectivity index (χ4n) is 2.94. The quantitative estimate of drug-likeness (QED) is 0.813. The maximum atomic E-state index is 12.6. The van der Waals surface area contributed by atoms with Crippen molar-refractivity contribution >= 4 is 28.8 Å². The molecule has 2 aromatic heterocycles. The second-order valence-electron chi connectivity index (χ2n) is 6.24. The number of aromatic nitrogens is 3. The van der Waals surface area contributed by atoms with Crippen LogP contribution in [0.1, 0.15) is 17.6 Å². The van der Waals surface area contributed by atoms with Gasteiger partial charge in [-0.05, 0) is 6.92 Å². The zero-order valence-corrected chi connectivity index (χ0v) is 15.6. The smallest absolute Gasteiger partial charge is 0.227 e. The number of piperazine rings is 1. The summed E-state index contributed by atoms with van der Waals surface area (Å²) in [4.78, 5) is 21.4. The van der Waals surface area contributed by atoms with Crippen molar-refractivity contribution in [3.05, 3.63) is 33.5 Å². The van der Waals surface area contributed by atoms with Crippen LogP contribution in [0, 0.1) is 12.8 Å². The molecule has 0 spiro atoms. The molecule has 0 bridgehead atoms. The third-order valence-electron chi connectivity index (χ3n) is 4.22. The number of amides is 1. The highest BCUT2D eigenvalue weighted by Crippen LogP contribution is 2.14. The maximum Gasteiger partial charge on any atom is 0.227 e. The van der Waals surface area contributed by atoms with Gasteiger partial charge in [0.25, 0.3) is 0 Å². The number of thiazole rings is 1. The van der Waals surface area contributed by atoms with E-state index in [1.54, 1.807) is 28.4 Å². The number of halogens is 1. The Balaban J connectivity index is 1.47. The molecule has 0 unspecified atom stereocenters. The molecule has 130 valence electrons. The summed E-state index contributed by atoms with van der Waals surface area (Å²) in [5, 5.41) is 7.96. The van der Waals surface area contributed by atoms with Gasteiger partial charge in [0.1, 0.15) is 0 Å². The van der Waals surface area contributed by atoms with Crippen molar-refractivity contribution in [2.45, 2.75) is 26.9 Å². The Morgan fingerprint density at radius 3 is 2.71 bits per heavy atom. The van der Waals surface area contributed by atoms with Crippen LogP contribution in [0.4, 0.5) is 0 Å². The summed E-state index contributed by atoms with van der Waals surface area (Å²) in [6, 6.07) is 0. The van der Waals surface area contributed by atoms with Crippen molar-refractivity contribution in [1.82, 2.24) is 24.6 Å². The van der Waals surface area contributed by atoms with Gasteiger partial charge in [-0.3, -0.25) is 14.4 Å². The average molecular weight is 368 g/mol. The fourth-order valence-corrected chi connectivity index (χ4v) is 3.70. The molecule has 1 amide bonds. The first-order valence-electron chi connectivity index (χ1n) is 8.11. The SMILES string of the molecule is Cc1nc(CN2CCN(C(=O)[C@H](C)Cn3cc(Cl)cn3)CC2)cs1. The summed E-state index contributed by atoms with van der Waals surface area (Å²) in [7, 11) is 0. The molecule has 8 heteroatoms. The minimum atomic E-state index is -0.103. The number of hydrogen-bond acceptors (Lipinski definition) is 5. The van der Waals surface area contributed by atoms with Crippen LogP contribution in [0.15, 0.2) is 17.8 Å². The number of carbonyl (C=O) groups is 1. The summed E-state index contributed by atoms with van der Waals surface area (Å²) in [6.07, 6.45) is 3.34. The topological polar surface area (TPSA) is 54.3 Å². The molecule has 1 aliphatic rings. The molecule has 1 fully saturated rings. The van der Waals surface area contributed by atoms with Crippen LogP contribution in [0.3, 0.4) is 0 Å². The van der Waals surface area contributed by atoms with Crippen molar-refractivity contribution in [1.29, 1.82) is 0 Å². The Bertz CT molecular complexity index is 692. The molecule has 1 aliphatic heterocycles. The minimum Gasteiger partial charge on any atom is -0.340 e. The van der Waals surface area contributed by atoms with Gasteiger partial charge in [0, 0.05) is 44.3 Å². The van der Waals surface area contributed by atoms with Gasteiger partial charge in [-0.15, -0.1) is 11.3 Å². The molecule has 3 rings (SSSR count). The molecular weight excluding hydrogens is 346 g/mol. The van der Waals surface area contributed by atoms with Gasteiger partial charge < -0.3 is 4.90 Å². The van der Waals surface area contributed by atoms with E-state index in [0.717, 1.165) is 43.4 Å². The number of aryl methyl sites for hydroxylation is 1. The largest absolute Gasteiger partial charge is 0.340 e. The first kappa shape index (κ1) is 17.4. The Morgan fingerprint density at radius 2 is 2.12 bits per heavy atom. The molecule has 0 N–H and O–H groups in total. The predicted octanol–water partition coefficient (Wildman–Crippen LogP) is 2.28. The van der Waals surface area contributed by atoms with Crippen molar-refractivity contribution in [3.8, 4) is 0 Å². The van der Waals surface area contributed by atoms with Crippen LogP contribution in [0.5, 0.6) is 0 Å². The van der Waals surface area contributed by atoms with E-state index in [1.165, 1.54) is 0 Å². The lowest BCUT2D eigenvalue weighted by Gasteiger charge is -2.35. The Hall–Kier alpha value is -1.44. The standard InChI is InChI=1S/C16H22ClN5OS/c1-12(8-22-9-14(17)7-18-22)16(23)21-5-3-20(4-6-21)10-15-11-24-13(2)19-15/h7,9,11-12H,3-6,8,10H2,1-2H3/t12-/m1/s1. The molecule has 0 aromatic carbocycles. The van der Waals surface area contributed by atoms with Gasteiger partial charge in [-0.25, -0.2) is 4.98 Å². The van der Waals surface area contributed by atoms with E-state index in [-0.39, 0.29) is 11.8 Å². The van der Waals surface area contributed by atoms with Crippen LogP contribution in [-0.2, 0) is 17.9 Å². The third-order valence-corrected chi connectivity index (χ3v) is 5.24. The minimum absolute atomic E-state index is 0.103. The van der Waals surface area contributed by atoms with Crippen LogP contribution < -0.4 is 0 Å². The van der Waals surface area contributed by atoms with Crippen molar-refractivity contribution in [2.75, 3.05) is 26.2 Å². The number of hydrogen-bond donors (Lipinski definition) is 0. The van der Waals surface area contributed by atoms with Crippen molar-refractivity contribution < 1.29 is 4.79 Å². The van der Waals surface area contributed by atoms with Gasteiger partial charge in [-0.2, -0.15) is 5.10 Å². The molecule has 0 saturated carbocycles. The summed E-state index contributed by atoms with van der Waals surface area (Å²) in [6.45, 7) is 8.72. The average Bonchev–Trinajstić information content (AvgIpc) is 3.15. The van der Waals surface area contributed by atoms with E-state index in [9.17, 15) is 4.79 Å². The first-order valence-corrected chi connectivity index (χ1v) is 9.37. The molecule has 0 aliphatic carbocycles. The van der Waals surface area contributed by atoms with Gasteiger partial charge in [0.2, 0.25) is 5.91 Å². The second-order valence-corrected chi connectivity index (χ2v) is 7.74. The molecular formula is C16H22ClN5OS. The maximum absolute atomic E-state index is 12.6. The molecule has 6 nitrogen and oxygen atoms in total. The lowest BCUT2D eigenvalue weighted by atomic mass is 10.1. The van der Waals surface area contributed by atoms with E-state index < -0.39 is 0 Å². The molecule has 24 heavy (non-hydrogen) atoms. The monoisotopic (exact) mass is 367 g/mol. The van der Waals surface area contributed by atoms with Crippen LogP contribution in [0.2, 0.25) is 5.02 Å². The van der Waals surface area contributed by atoms with Gasteiger partial charge in [-0.1, -0.05) is 18.5 Å². The van der Waals surface area contributed by atoms with E-state index in [4.69, 9.17) is 11.6 Å². The number of rotatable bonds is 5. The van der Waals surface area contributed by atoms with E-state index in [0.29, 0.717) is 11.6 Å². The number of nitrogens with zero attached hydrogens (tertiary/aromatic N) is 5. The highest BCUT2D eigenvalue weighted by Gasteiger charge is 2.25. The lowest BCUT2D eigenvalue weighted by Crippen LogP contribution is -2.50. The second kappa shape index (κ2) is 7.63. The fraction of sp³-hybridized carbons (Fsp3) is 0.562. The van der Waals surface area contributed by atoms with Crippen molar-refractivity contribution in [3.63, 3.8) is 0 Å². The highest BCUT2D eigenvalue weighted by molar-refractivity contribution is 7.09. The zero-order chi connectivity index (χ0) is 17.1. The van der Waals surface area contributed by atoms with Crippen molar-refractivity contribution in [2.24, 2.45) is 5.92 Å². The molecule has 3 heterocycles. The first-order chi connectivity index (χ1) is 11.5. The summed E-state index contributed by atoms with van der Waals surface area (Å²) >= 11 is 7.55. The van der Waals surface area contributed by atoms with Gasteiger partial charge >= 0.3 is 0 Å². The molecule has 1 atom stereocenters. The Kier molecular flexibility index (Phi) is 5.53. The summed E-state index contributed by atoms with van der Waals surface area (Å²) < 4.78 is 1.73. The third kappa shape index (κ3) is 4.34. The van der Waals surface area contributed by atoms with Crippen LogP contribution in [-0.4, -0.2) is 56.7 Å². The molecule has 2 aromatic rings. The summed E-state index contributed by atoms with van der Waals surface area (Å²) in [5.74, 6) is 0.0829. The van der Waals surface area contributed by atoms with Crippen LogP contribution >= 0.6 is 22.9 Å². The van der Waals surface area contributed by atoms with Gasteiger partial charge in [0.15, 0.2) is 0 Å². The predicted molar refractivity (Wildman–Crippen MR) is 95.1 cm³/mol. The Labute approximate surface area is 151 Å². The van der Waals surface area contributed by atoms with E-state index in [1.807, 2.05) is 18.7 Å². The van der Waals surface area contributed by atoms with E-state index in [2.05, 4.69) is 20.4 Å². The molecule has 1 saturated heterocycles. The highest BCUT2D eigenvalue weighted by atomic mass is 35.5. The normalized spacial score (nSPS) is 17.2. The number of carbonyl (C=O) groups excluding carboxylic acids is 1. The lowest BCUT2D eigenvalue weighted by molar-refractivity contribution is -0.137. The summed E-state index contributed by atoms with van der Waals surface area (Å²) in [5.41, 5.74) is 1.13. The van der Waals surface area contributed by atoms with E-state index >= 15 is 0 Å².